The molecule has 0 aliphatic carbocycles. The largest absolute Gasteiger partial charge is 0.350 e. The van der Waals surface area contributed by atoms with Gasteiger partial charge in [0.2, 0.25) is 11.8 Å². The number of hydrogen-bond donors (Lipinski definition) is 2. The summed E-state index contributed by atoms with van der Waals surface area (Å²) in [5, 5.41) is 5.47. The van der Waals surface area contributed by atoms with Crippen molar-refractivity contribution in [3.05, 3.63) is 42.0 Å². The first kappa shape index (κ1) is 18.7. The van der Waals surface area contributed by atoms with E-state index in [0.29, 0.717) is 11.3 Å². The summed E-state index contributed by atoms with van der Waals surface area (Å²) >= 11 is 0. The zero-order valence-corrected chi connectivity index (χ0v) is 15.3. The average molecular weight is 343 g/mol. The quantitative estimate of drug-likeness (QED) is 0.877. The monoisotopic (exact) mass is 343 g/mol. The standard InChI is InChI=1S/C19H25N3O3/c1-11(16(23)21-19(4,5)6)20-17(24)13(3)22-12(2)14-9-7-8-10-15(14)18(22)25/h7-11,13H,2H2,1,3-6H3,(H,20,24)(H,21,23)/t11-,13-/m1/s1. The number of nitrogens with one attached hydrogen (secondary N) is 2. The smallest absolute Gasteiger partial charge is 0.259 e. The van der Waals surface area contributed by atoms with Crippen LogP contribution in [0.15, 0.2) is 30.8 Å². The van der Waals surface area contributed by atoms with Gasteiger partial charge in [0, 0.05) is 22.4 Å². The summed E-state index contributed by atoms with van der Waals surface area (Å²) in [5.74, 6) is -0.933. The van der Waals surface area contributed by atoms with Crippen LogP contribution in [0.5, 0.6) is 0 Å². The SMILES string of the molecule is C=C1c2ccccc2C(=O)N1[C@H](C)C(=O)N[C@H](C)C(=O)NC(C)(C)C. The van der Waals surface area contributed by atoms with Gasteiger partial charge in [0.05, 0.1) is 0 Å². The van der Waals surface area contributed by atoms with Gasteiger partial charge in [0.1, 0.15) is 12.1 Å². The average Bonchev–Trinajstić information content (AvgIpc) is 2.77. The molecule has 6 nitrogen and oxygen atoms in total. The lowest BCUT2D eigenvalue weighted by Gasteiger charge is -2.27. The summed E-state index contributed by atoms with van der Waals surface area (Å²) in [6, 6.07) is 5.65. The Morgan fingerprint density at radius 1 is 1.08 bits per heavy atom. The zero-order chi connectivity index (χ0) is 18.9. The van der Waals surface area contributed by atoms with Crippen molar-refractivity contribution in [2.45, 2.75) is 52.2 Å². The fourth-order valence-electron chi connectivity index (χ4n) is 2.71. The van der Waals surface area contributed by atoms with Crippen LogP contribution < -0.4 is 10.6 Å². The maximum absolute atomic E-state index is 12.6. The third kappa shape index (κ3) is 3.90. The molecule has 1 aromatic rings. The molecule has 0 saturated carbocycles. The number of rotatable bonds is 4. The number of benzene rings is 1. The molecule has 0 saturated heterocycles. The highest BCUT2D eigenvalue weighted by molar-refractivity contribution is 6.11. The molecular formula is C19H25N3O3. The van der Waals surface area contributed by atoms with E-state index in [2.05, 4.69) is 17.2 Å². The van der Waals surface area contributed by atoms with Crippen LogP contribution in [0.4, 0.5) is 0 Å². The van der Waals surface area contributed by atoms with Crippen molar-refractivity contribution in [3.8, 4) is 0 Å². The van der Waals surface area contributed by atoms with Gasteiger partial charge in [-0.2, -0.15) is 0 Å². The van der Waals surface area contributed by atoms with E-state index < -0.39 is 18.0 Å². The van der Waals surface area contributed by atoms with Gasteiger partial charge in [-0.3, -0.25) is 19.3 Å². The van der Waals surface area contributed by atoms with E-state index in [4.69, 9.17) is 0 Å². The second kappa shape index (κ2) is 6.70. The Labute approximate surface area is 148 Å². The molecule has 0 fully saturated rings. The van der Waals surface area contributed by atoms with Crippen molar-refractivity contribution in [3.63, 3.8) is 0 Å². The van der Waals surface area contributed by atoms with Crippen LogP contribution in [0, 0.1) is 0 Å². The molecule has 1 aliphatic heterocycles. The van der Waals surface area contributed by atoms with Gasteiger partial charge in [0.25, 0.3) is 5.91 Å². The van der Waals surface area contributed by atoms with Crippen molar-refractivity contribution < 1.29 is 14.4 Å². The molecule has 25 heavy (non-hydrogen) atoms. The lowest BCUT2D eigenvalue weighted by molar-refractivity contribution is -0.131. The number of amides is 3. The molecule has 1 heterocycles. The highest BCUT2D eigenvalue weighted by Crippen LogP contribution is 2.32. The number of fused-ring (bicyclic) bond motifs is 1. The Balaban J connectivity index is 2.07. The Hall–Kier alpha value is -2.63. The summed E-state index contributed by atoms with van der Waals surface area (Å²) < 4.78 is 0. The summed E-state index contributed by atoms with van der Waals surface area (Å²) in [6.45, 7) is 12.8. The normalized spacial score (nSPS) is 16.3. The summed E-state index contributed by atoms with van der Waals surface area (Å²) in [6.07, 6.45) is 0. The molecule has 6 heteroatoms. The minimum atomic E-state index is -0.766. The van der Waals surface area contributed by atoms with E-state index in [1.165, 1.54) is 4.90 Å². The number of hydrogen-bond acceptors (Lipinski definition) is 3. The van der Waals surface area contributed by atoms with E-state index in [9.17, 15) is 14.4 Å². The molecule has 3 amide bonds. The van der Waals surface area contributed by atoms with Crippen molar-refractivity contribution in [1.82, 2.24) is 15.5 Å². The molecule has 0 aromatic heterocycles. The van der Waals surface area contributed by atoms with Gasteiger partial charge >= 0.3 is 0 Å². The van der Waals surface area contributed by atoms with Gasteiger partial charge in [-0.25, -0.2) is 0 Å². The Bertz CT molecular complexity index is 699. The first-order valence-corrected chi connectivity index (χ1v) is 8.27. The lowest BCUT2D eigenvalue weighted by Crippen LogP contribution is -2.54. The van der Waals surface area contributed by atoms with Gasteiger partial charge in [0.15, 0.2) is 0 Å². The molecule has 1 aromatic carbocycles. The molecule has 2 rings (SSSR count). The minimum absolute atomic E-state index is 0.255. The van der Waals surface area contributed by atoms with Crippen LogP contribution in [-0.2, 0) is 9.59 Å². The van der Waals surface area contributed by atoms with E-state index in [-0.39, 0.29) is 17.4 Å². The van der Waals surface area contributed by atoms with Gasteiger partial charge in [-0.15, -0.1) is 0 Å². The highest BCUT2D eigenvalue weighted by Gasteiger charge is 2.37. The minimum Gasteiger partial charge on any atom is -0.350 e. The molecule has 134 valence electrons. The topological polar surface area (TPSA) is 78.5 Å². The van der Waals surface area contributed by atoms with Gasteiger partial charge < -0.3 is 10.6 Å². The fourth-order valence-corrected chi connectivity index (χ4v) is 2.71. The van der Waals surface area contributed by atoms with Crippen molar-refractivity contribution in [1.29, 1.82) is 0 Å². The highest BCUT2D eigenvalue weighted by atomic mass is 16.2. The molecule has 2 atom stereocenters. The number of nitrogens with zero attached hydrogens (tertiary/aromatic N) is 1. The Morgan fingerprint density at radius 2 is 1.64 bits per heavy atom. The lowest BCUT2D eigenvalue weighted by atomic mass is 10.1. The molecule has 0 radical (unpaired) electrons. The molecule has 0 bridgehead atoms. The van der Waals surface area contributed by atoms with E-state index in [0.717, 1.165) is 5.56 Å². The summed E-state index contributed by atoms with van der Waals surface area (Å²) in [5.41, 5.74) is 1.37. The van der Waals surface area contributed by atoms with Gasteiger partial charge in [-0.1, -0.05) is 24.8 Å². The predicted molar refractivity (Wildman–Crippen MR) is 96.6 cm³/mol. The maximum atomic E-state index is 12.6. The zero-order valence-electron chi connectivity index (χ0n) is 15.3. The van der Waals surface area contributed by atoms with Crippen LogP contribution in [0.25, 0.3) is 5.70 Å². The molecular weight excluding hydrogens is 318 g/mol. The van der Waals surface area contributed by atoms with Crippen molar-refractivity contribution >= 4 is 23.4 Å². The Kier molecular flexibility index (Phi) is 5.02. The molecule has 1 aliphatic rings. The van der Waals surface area contributed by atoms with Crippen LogP contribution in [0.3, 0.4) is 0 Å². The Morgan fingerprint density at radius 3 is 2.16 bits per heavy atom. The first-order chi connectivity index (χ1) is 11.5. The van der Waals surface area contributed by atoms with E-state index >= 15 is 0 Å². The third-order valence-corrected chi connectivity index (χ3v) is 3.99. The third-order valence-electron chi connectivity index (χ3n) is 3.99. The van der Waals surface area contributed by atoms with E-state index in [1.54, 1.807) is 32.0 Å². The second-order valence-electron chi connectivity index (χ2n) is 7.31. The maximum Gasteiger partial charge on any atom is 0.259 e. The molecule has 0 spiro atoms. The van der Waals surface area contributed by atoms with Crippen LogP contribution in [-0.4, -0.2) is 40.2 Å². The summed E-state index contributed by atoms with van der Waals surface area (Å²) in [4.78, 5) is 38.6. The number of carbonyl (C=O) groups is 3. The first-order valence-electron chi connectivity index (χ1n) is 8.27. The van der Waals surface area contributed by atoms with Crippen molar-refractivity contribution in [2.75, 3.05) is 0 Å². The van der Waals surface area contributed by atoms with Gasteiger partial charge in [-0.05, 0) is 40.7 Å². The fraction of sp³-hybridized carbons (Fsp3) is 0.421. The number of carbonyl (C=O) groups excluding carboxylic acids is 3. The van der Waals surface area contributed by atoms with Crippen LogP contribution >= 0.6 is 0 Å². The summed E-state index contributed by atoms with van der Waals surface area (Å²) in [7, 11) is 0. The van der Waals surface area contributed by atoms with Crippen LogP contribution in [0.1, 0.15) is 50.5 Å². The molecule has 0 unspecified atom stereocenters. The molecule has 2 N–H and O–H groups in total. The van der Waals surface area contributed by atoms with Crippen molar-refractivity contribution in [2.24, 2.45) is 0 Å². The van der Waals surface area contributed by atoms with Crippen LogP contribution in [0.2, 0.25) is 0 Å². The second-order valence-corrected chi connectivity index (χ2v) is 7.31. The van der Waals surface area contributed by atoms with E-state index in [1.807, 2.05) is 26.8 Å². The predicted octanol–water partition coefficient (Wildman–Crippen LogP) is 1.92.